The number of hydrazine groups is 1. The van der Waals surface area contributed by atoms with Crippen molar-refractivity contribution in [3.05, 3.63) is 28.5 Å². The number of benzene rings is 1. The quantitative estimate of drug-likeness (QED) is 0.605. The van der Waals surface area contributed by atoms with Gasteiger partial charge in [-0.25, -0.2) is 10.2 Å². The molecule has 1 aromatic heterocycles. The number of hydrogen-bond acceptors (Lipinski definition) is 7. The smallest absolute Gasteiger partial charge is 0.330 e. The van der Waals surface area contributed by atoms with Gasteiger partial charge in [0.1, 0.15) is 11.6 Å². The van der Waals surface area contributed by atoms with E-state index < -0.39 is 5.82 Å². The third kappa shape index (κ3) is 4.23. The van der Waals surface area contributed by atoms with Crippen molar-refractivity contribution in [2.75, 3.05) is 12.0 Å². The lowest BCUT2D eigenvalue weighted by molar-refractivity contribution is 0.285. The van der Waals surface area contributed by atoms with Crippen molar-refractivity contribution in [2.45, 2.75) is 13.3 Å². The molecule has 0 aliphatic rings. The van der Waals surface area contributed by atoms with E-state index in [2.05, 4.69) is 36.3 Å². The molecule has 3 N–H and O–H groups in total. The lowest BCUT2D eigenvalue weighted by Gasteiger charge is -2.08. The van der Waals surface area contributed by atoms with Crippen molar-refractivity contribution in [2.24, 2.45) is 5.84 Å². The third-order valence-corrected chi connectivity index (χ3v) is 2.87. The maximum atomic E-state index is 13.2. The number of ether oxygens (including phenoxy) is 2. The number of nitrogens with two attached hydrogens (primary N) is 1. The molecule has 0 spiro atoms. The maximum absolute atomic E-state index is 13.2. The van der Waals surface area contributed by atoms with Gasteiger partial charge in [0.05, 0.1) is 11.1 Å². The Morgan fingerprint density at radius 1 is 1.29 bits per heavy atom. The molecule has 1 aromatic carbocycles. The van der Waals surface area contributed by atoms with E-state index >= 15 is 0 Å². The highest BCUT2D eigenvalue weighted by Crippen LogP contribution is 2.25. The van der Waals surface area contributed by atoms with Crippen LogP contribution in [0.25, 0.3) is 0 Å². The third-order valence-electron chi connectivity index (χ3n) is 2.26. The Kier molecular flexibility index (Phi) is 5.23. The van der Waals surface area contributed by atoms with Crippen LogP contribution in [0.2, 0.25) is 0 Å². The summed E-state index contributed by atoms with van der Waals surface area (Å²) in [4.78, 5) is 11.9. The van der Waals surface area contributed by atoms with Crippen molar-refractivity contribution in [1.82, 2.24) is 15.0 Å². The highest BCUT2D eigenvalue weighted by atomic mass is 79.9. The SMILES string of the molecule is CCCOc1nc(NN)nc(Oc2ccc(F)c(Br)c2)n1. The highest BCUT2D eigenvalue weighted by molar-refractivity contribution is 9.10. The fraction of sp³-hybridized carbons (Fsp3) is 0.250. The van der Waals surface area contributed by atoms with Crippen molar-refractivity contribution in [3.8, 4) is 17.8 Å². The second kappa shape index (κ2) is 7.14. The first kappa shape index (κ1) is 15.4. The average Bonchev–Trinajstić information content (AvgIpc) is 2.48. The van der Waals surface area contributed by atoms with Gasteiger partial charge in [-0.3, -0.25) is 5.43 Å². The Morgan fingerprint density at radius 2 is 2.05 bits per heavy atom. The minimum atomic E-state index is -0.394. The Morgan fingerprint density at radius 3 is 2.71 bits per heavy atom. The zero-order chi connectivity index (χ0) is 15.2. The topological polar surface area (TPSA) is 95.2 Å². The summed E-state index contributed by atoms with van der Waals surface area (Å²) in [5.74, 6) is 5.35. The molecular weight excluding hydrogens is 345 g/mol. The van der Waals surface area contributed by atoms with Gasteiger partial charge in [0, 0.05) is 0 Å². The molecule has 0 atom stereocenters. The van der Waals surface area contributed by atoms with Crippen molar-refractivity contribution >= 4 is 21.9 Å². The van der Waals surface area contributed by atoms with E-state index in [1.807, 2.05) is 6.92 Å². The first-order valence-corrected chi connectivity index (χ1v) is 6.90. The first-order valence-electron chi connectivity index (χ1n) is 6.10. The number of nitrogens with zero attached hydrogens (tertiary/aromatic N) is 3. The molecule has 7 nitrogen and oxygen atoms in total. The predicted octanol–water partition coefficient (Wildman–Crippen LogP) is 2.64. The molecule has 0 aliphatic carbocycles. The summed E-state index contributed by atoms with van der Waals surface area (Å²) >= 11 is 3.07. The van der Waals surface area contributed by atoms with E-state index in [0.717, 1.165) is 6.42 Å². The second-order valence-corrected chi connectivity index (χ2v) is 4.75. The molecule has 21 heavy (non-hydrogen) atoms. The molecule has 1 heterocycles. The van der Waals surface area contributed by atoms with Gasteiger partial charge >= 0.3 is 12.0 Å². The molecule has 9 heteroatoms. The van der Waals surface area contributed by atoms with E-state index in [1.54, 1.807) is 0 Å². The molecular formula is C12H13BrFN5O2. The van der Waals surface area contributed by atoms with Gasteiger partial charge < -0.3 is 9.47 Å². The molecule has 0 aliphatic heterocycles. The minimum Gasteiger partial charge on any atom is -0.463 e. The average molecular weight is 358 g/mol. The zero-order valence-electron chi connectivity index (χ0n) is 11.1. The Labute approximate surface area is 128 Å². The standard InChI is InChI=1S/C12H13BrFN5O2/c1-2-5-20-11-16-10(19-15)17-12(18-11)21-7-3-4-9(14)8(13)6-7/h3-4,6H,2,5,15H2,1H3,(H,16,17,18,19). The molecule has 0 saturated heterocycles. The minimum absolute atomic E-state index is 0.0115. The molecule has 0 fully saturated rings. The highest BCUT2D eigenvalue weighted by Gasteiger charge is 2.10. The second-order valence-electron chi connectivity index (χ2n) is 3.89. The van der Waals surface area contributed by atoms with E-state index in [0.29, 0.717) is 12.4 Å². The summed E-state index contributed by atoms with van der Waals surface area (Å²) in [6.45, 7) is 2.41. The normalized spacial score (nSPS) is 10.3. The van der Waals surface area contributed by atoms with Gasteiger partial charge in [-0.05, 0) is 40.5 Å². The van der Waals surface area contributed by atoms with E-state index in [9.17, 15) is 4.39 Å². The van der Waals surface area contributed by atoms with Crippen LogP contribution in [0.15, 0.2) is 22.7 Å². The predicted molar refractivity (Wildman–Crippen MR) is 77.6 cm³/mol. The molecule has 0 amide bonds. The van der Waals surface area contributed by atoms with Crippen LogP contribution < -0.4 is 20.7 Å². The van der Waals surface area contributed by atoms with Crippen molar-refractivity contribution in [1.29, 1.82) is 0 Å². The summed E-state index contributed by atoms with van der Waals surface area (Å²) < 4.78 is 24.2. The molecule has 0 radical (unpaired) electrons. The number of aromatic nitrogens is 3. The lowest BCUT2D eigenvalue weighted by atomic mass is 10.3. The lowest BCUT2D eigenvalue weighted by Crippen LogP contribution is -2.13. The number of halogens is 2. The number of nitrogen functional groups attached to an aromatic ring is 1. The number of rotatable bonds is 6. The van der Waals surface area contributed by atoms with E-state index in [1.165, 1.54) is 18.2 Å². The van der Waals surface area contributed by atoms with Crippen LogP contribution in [0.4, 0.5) is 10.3 Å². The van der Waals surface area contributed by atoms with Crippen LogP contribution in [-0.2, 0) is 0 Å². The van der Waals surface area contributed by atoms with Crippen LogP contribution >= 0.6 is 15.9 Å². The first-order chi connectivity index (χ1) is 10.1. The molecule has 2 rings (SSSR count). The maximum Gasteiger partial charge on any atom is 0.330 e. The summed E-state index contributed by atoms with van der Waals surface area (Å²) in [7, 11) is 0. The summed E-state index contributed by atoms with van der Waals surface area (Å²) in [6.07, 6.45) is 0.804. The molecule has 0 saturated carbocycles. The summed E-state index contributed by atoms with van der Waals surface area (Å²) in [5.41, 5.74) is 2.30. The summed E-state index contributed by atoms with van der Waals surface area (Å²) in [6, 6.07) is 4.25. The van der Waals surface area contributed by atoms with Gasteiger partial charge in [0.2, 0.25) is 5.95 Å². The van der Waals surface area contributed by atoms with Gasteiger partial charge in [-0.2, -0.15) is 9.97 Å². The van der Waals surface area contributed by atoms with Gasteiger partial charge in [0.15, 0.2) is 0 Å². The molecule has 112 valence electrons. The molecule has 0 bridgehead atoms. The largest absolute Gasteiger partial charge is 0.463 e. The van der Waals surface area contributed by atoms with Crippen molar-refractivity contribution < 1.29 is 13.9 Å². The Balaban J connectivity index is 2.23. The fourth-order valence-corrected chi connectivity index (χ4v) is 1.71. The fourth-order valence-electron chi connectivity index (χ4n) is 1.35. The van der Waals surface area contributed by atoms with Gasteiger partial charge in [-0.15, -0.1) is 4.98 Å². The van der Waals surface area contributed by atoms with Crippen molar-refractivity contribution in [3.63, 3.8) is 0 Å². The number of nitrogens with one attached hydrogen (secondary N) is 1. The molecule has 0 unspecified atom stereocenters. The van der Waals surface area contributed by atoms with Gasteiger partial charge in [0.25, 0.3) is 0 Å². The number of hydrogen-bond donors (Lipinski definition) is 2. The Hall–Kier alpha value is -2.00. The zero-order valence-corrected chi connectivity index (χ0v) is 12.7. The van der Waals surface area contributed by atoms with Crippen LogP contribution in [0, 0.1) is 5.82 Å². The van der Waals surface area contributed by atoms with Crippen LogP contribution in [0.5, 0.6) is 17.8 Å². The van der Waals surface area contributed by atoms with E-state index in [4.69, 9.17) is 15.3 Å². The monoisotopic (exact) mass is 357 g/mol. The van der Waals surface area contributed by atoms with Gasteiger partial charge in [-0.1, -0.05) is 6.92 Å². The number of anilines is 1. The van der Waals surface area contributed by atoms with Crippen LogP contribution in [-0.4, -0.2) is 21.6 Å². The van der Waals surface area contributed by atoms with Crippen LogP contribution in [0.3, 0.4) is 0 Å². The summed E-state index contributed by atoms with van der Waals surface area (Å²) in [5, 5.41) is 0. The van der Waals surface area contributed by atoms with E-state index in [-0.39, 0.29) is 22.4 Å². The van der Waals surface area contributed by atoms with Crippen LogP contribution in [0.1, 0.15) is 13.3 Å². The Bertz CT molecular complexity index is 629. The molecule has 2 aromatic rings.